The molecule has 2 heteroatoms. The second-order valence-electron chi connectivity index (χ2n) is 5.65. The summed E-state index contributed by atoms with van der Waals surface area (Å²) in [5, 5.41) is 3.58. The van der Waals surface area contributed by atoms with E-state index >= 15 is 0 Å². The molecular weight excluding hydrogens is 250 g/mol. The molecule has 19 heavy (non-hydrogen) atoms. The van der Waals surface area contributed by atoms with E-state index in [1.54, 1.807) is 0 Å². The Bertz CT molecular complexity index is 566. The minimum Gasteiger partial charge on any atom is -0.312 e. The maximum absolute atomic E-state index is 3.58. The smallest absolute Gasteiger partial charge is 0.0513 e. The molecule has 1 saturated carbocycles. The van der Waals surface area contributed by atoms with Crippen LogP contribution in [0.25, 0.3) is 0 Å². The molecule has 0 aliphatic heterocycles. The van der Waals surface area contributed by atoms with Crippen molar-refractivity contribution in [1.29, 1.82) is 0 Å². The zero-order chi connectivity index (χ0) is 13.5. The largest absolute Gasteiger partial charge is 0.312 e. The van der Waals surface area contributed by atoms with E-state index in [9.17, 15) is 0 Å². The molecule has 0 bridgehead atoms. The number of nitrogens with one attached hydrogen (secondary N) is 1. The lowest BCUT2D eigenvalue weighted by molar-refractivity contribution is 0.468. The van der Waals surface area contributed by atoms with Crippen molar-refractivity contribution in [3.05, 3.63) is 57.3 Å². The van der Waals surface area contributed by atoms with Gasteiger partial charge in [-0.25, -0.2) is 0 Å². The van der Waals surface area contributed by atoms with E-state index < -0.39 is 0 Å². The van der Waals surface area contributed by atoms with E-state index in [4.69, 9.17) is 0 Å². The average molecular weight is 271 g/mol. The second kappa shape index (κ2) is 4.77. The lowest BCUT2D eigenvalue weighted by Gasteiger charge is -2.27. The van der Waals surface area contributed by atoms with Crippen molar-refractivity contribution in [3.8, 4) is 0 Å². The van der Waals surface area contributed by atoms with E-state index in [2.05, 4.69) is 62.6 Å². The zero-order valence-corrected chi connectivity index (χ0v) is 12.7. The Morgan fingerprint density at radius 1 is 1.16 bits per heavy atom. The molecule has 0 amide bonds. The molecule has 1 atom stereocenters. The average Bonchev–Trinajstić information content (AvgIpc) is 3.14. The summed E-state index contributed by atoms with van der Waals surface area (Å²) in [6.45, 7) is 4.44. The van der Waals surface area contributed by atoms with Gasteiger partial charge in [0, 0.05) is 15.2 Å². The van der Waals surface area contributed by atoms with Crippen LogP contribution in [0.5, 0.6) is 0 Å². The summed E-state index contributed by atoms with van der Waals surface area (Å²) in [5.41, 5.74) is 3.24. The summed E-state index contributed by atoms with van der Waals surface area (Å²) in [6, 6.07) is 13.8. The number of thiophene rings is 1. The van der Waals surface area contributed by atoms with Crippen LogP contribution in [-0.2, 0) is 5.41 Å². The first-order valence-electron chi connectivity index (χ1n) is 6.97. The molecule has 1 aromatic carbocycles. The Morgan fingerprint density at radius 3 is 2.32 bits per heavy atom. The van der Waals surface area contributed by atoms with E-state index in [1.807, 2.05) is 11.3 Å². The maximum atomic E-state index is 3.58. The summed E-state index contributed by atoms with van der Waals surface area (Å²) < 4.78 is 0. The summed E-state index contributed by atoms with van der Waals surface area (Å²) in [7, 11) is 2.10. The van der Waals surface area contributed by atoms with Crippen molar-refractivity contribution >= 4 is 11.3 Å². The summed E-state index contributed by atoms with van der Waals surface area (Å²) >= 11 is 1.95. The monoisotopic (exact) mass is 271 g/mol. The van der Waals surface area contributed by atoms with Crippen LogP contribution in [0, 0.1) is 13.8 Å². The van der Waals surface area contributed by atoms with Crippen LogP contribution in [0.15, 0.2) is 36.4 Å². The van der Waals surface area contributed by atoms with Crippen molar-refractivity contribution in [2.45, 2.75) is 38.1 Å². The highest BCUT2D eigenvalue weighted by Crippen LogP contribution is 2.57. The fourth-order valence-corrected chi connectivity index (χ4v) is 4.52. The number of hydrogen-bond donors (Lipinski definition) is 1. The van der Waals surface area contributed by atoms with Gasteiger partial charge in [0.1, 0.15) is 0 Å². The number of aryl methyl sites for hydroxylation is 2. The molecule has 100 valence electrons. The lowest BCUT2D eigenvalue weighted by atomic mass is 9.86. The van der Waals surface area contributed by atoms with E-state index in [0.717, 1.165) is 0 Å². The fraction of sp³-hybridized carbons (Fsp3) is 0.412. The predicted molar refractivity (Wildman–Crippen MR) is 82.9 cm³/mol. The Balaban J connectivity index is 2.02. The van der Waals surface area contributed by atoms with Crippen LogP contribution >= 0.6 is 11.3 Å². The summed E-state index contributed by atoms with van der Waals surface area (Å²) in [6.07, 6.45) is 2.58. The van der Waals surface area contributed by atoms with Crippen LogP contribution in [0.3, 0.4) is 0 Å². The third kappa shape index (κ3) is 2.13. The van der Waals surface area contributed by atoms with Gasteiger partial charge in [0.05, 0.1) is 6.04 Å². The highest BCUT2D eigenvalue weighted by molar-refractivity contribution is 7.12. The highest BCUT2D eigenvalue weighted by atomic mass is 32.1. The van der Waals surface area contributed by atoms with Gasteiger partial charge in [0.15, 0.2) is 0 Å². The molecule has 0 spiro atoms. The first kappa shape index (κ1) is 12.9. The zero-order valence-electron chi connectivity index (χ0n) is 11.9. The Hall–Kier alpha value is -1.12. The number of benzene rings is 1. The molecule has 1 N–H and O–H groups in total. The van der Waals surface area contributed by atoms with Crippen LogP contribution in [0.1, 0.15) is 39.8 Å². The van der Waals surface area contributed by atoms with Crippen LogP contribution in [0.4, 0.5) is 0 Å². The molecule has 0 radical (unpaired) electrons. The highest BCUT2D eigenvalue weighted by Gasteiger charge is 2.51. The second-order valence-corrected chi connectivity index (χ2v) is 6.94. The van der Waals surface area contributed by atoms with Crippen LogP contribution < -0.4 is 5.32 Å². The first-order valence-corrected chi connectivity index (χ1v) is 7.79. The van der Waals surface area contributed by atoms with Gasteiger partial charge in [-0.05, 0) is 50.9 Å². The molecule has 1 heterocycles. The standard InChI is InChI=1S/C17H21NS/c1-12-11-13(2)19-15(12)16(18-3)17(9-10-17)14-7-5-4-6-8-14/h4-8,11,16,18H,9-10H2,1-3H3. The van der Waals surface area contributed by atoms with Gasteiger partial charge in [-0.1, -0.05) is 30.3 Å². The number of rotatable bonds is 4. The van der Waals surface area contributed by atoms with Crippen LogP contribution in [0.2, 0.25) is 0 Å². The molecule has 1 aliphatic carbocycles. The van der Waals surface area contributed by atoms with Crippen molar-refractivity contribution in [3.63, 3.8) is 0 Å². The number of hydrogen-bond acceptors (Lipinski definition) is 2. The minimum atomic E-state index is 0.318. The Morgan fingerprint density at radius 2 is 1.84 bits per heavy atom. The maximum Gasteiger partial charge on any atom is 0.0513 e. The van der Waals surface area contributed by atoms with Crippen molar-refractivity contribution in [2.24, 2.45) is 0 Å². The third-order valence-corrected chi connectivity index (χ3v) is 5.54. The van der Waals surface area contributed by atoms with Crippen molar-refractivity contribution < 1.29 is 0 Å². The molecule has 1 aliphatic rings. The van der Waals surface area contributed by atoms with Gasteiger partial charge < -0.3 is 5.32 Å². The first-order chi connectivity index (χ1) is 9.17. The van der Waals surface area contributed by atoms with Crippen LogP contribution in [-0.4, -0.2) is 7.05 Å². The van der Waals surface area contributed by atoms with Gasteiger partial charge in [0.25, 0.3) is 0 Å². The topological polar surface area (TPSA) is 12.0 Å². The number of likely N-dealkylation sites (N-methyl/N-ethyl adjacent to an activating group) is 1. The predicted octanol–water partition coefficient (Wildman–Crippen LogP) is 4.36. The molecule has 1 unspecified atom stereocenters. The molecular formula is C17H21NS. The Labute approximate surface area is 119 Å². The summed E-state index contributed by atoms with van der Waals surface area (Å²) in [4.78, 5) is 2.93. The SMILES string of the molecule is CNC(c1sc(C)cc1C)C1(c2ccccc2)CC1. The van der Waals surface area contributed by atoms with E-state index in [-0.39, 0.29) is 0 Å². The lowest BCUT2D eigenvalue weighted by Crippen LogP contribution is -2.29. The molecule has 0 saturated heterocycles. The van der Waals surface area contributed by atoms with Gasteiger partial charge in [-0.3, -0.25) is 0 Å². The van der Waals surface area contributed by atoms with Gasteiger partial charge in [-0.15, -0.1) is 11.3 Å². The molecule has 3 rings (SSSR count). The van der Waals surface area contributed by atoms with Crippen molar-refractivity contribution in [2.75, 3.05) is 7.05 Å². The molecule has 2 aromatic rings. The normalized spacial score (nSPS) is 18.3. The summed E-state index contributed by atoms with van der Waals surface area (Å²) in [5.74, 6) is 0. The quantitative estimate of drug-likeness (QED) is 0.871. The molecule has 1 fully saturated rings. The van der Waals surface area contributed by atoms with E-state index in [1.165, 1.54) is 33.7 Å². The van der Waals surface area contributed by atoms with Crippen molar-refractivity contribution in [1.82, 2.24) is 5.32 Å². The fourth-order valence-electron chi connectivity index (χ4n) is 3.25. The molecule has 1 aromatic heterocycles. The minimum absolute atomic E-state index is 0.318. The van der Waals surface area contributed by atoms with Gasteiger partial charge >= 0.3 is 0 Å². The van der Waals surface area contributed by atoms with Gasteiger partial charge in [-0.2, -0.15) is 0 Å². The van der Waals surface area contributed by atoms with Gasteiger partial charge in [0.2, 0.25) is 0 Å². The third-order valence-electron chi connectivity index (χ3n) is 4.32. The Kier molecular flexibility index (Phi) is 3.23. The van der Waals surface area contributed by atoms with E-state index in [0.29, 0.717) is 11.5 Å². The molecule has 1 nitrogen and oxygen atoms in total.